The predicted molar refractivity (Wildman–Crippen MR) is 158 cm³/mol. The van der Waals surface area contributed by atoms with Crippen LogP contribution in [0.5, 0.6) is 5.75 Å². The van der Waals surface area contributed by atoms with E-state index in [1.54, 1.807) is 19.4 Å². The molecule has 0 atom stereocenters. The van der Waals surface area contributed by atoms with Gasteiger partial charge in [-0.25, -0.2) is 9.97 Å². The summed E-state index contributed by atoms with van der Waals surface area (Å²) in [6.07, 6.45) is 3.59. The Bertz CT molecular complexity index is 1780. The molecule has 5 aromatic rings. The van der Waals surface area contributed by atoms with Crippen LogP contribution < -0.4 is 10.3 Å². The molecule has 0 bridgehead atoms. The Morgan fingerprint density at radius 3 is 2.46 bits per heavy atom. The highest BCUT2D eigenvalue weighted by molar-refractivity contribution is 5.84. The normalized spacial score (nSPS) is 11.7. The van der Waals surface area contributed by atoms with Crippen LogP contribution in [0.25, 0.3) is 28.1 Å². The minimum atomic E-state index is -0.220. The molecule has 0 saturated carbocycles. The fourth-order valence-corrected chi connectivity index (χ4v) is 4.96. The average molecular weight is 520 g/mol. The summed E-state index contributed by atoms with van der Waals surface area (Å²) in [6.45, 7) is 12.3. The summed E-state index contributed by atoms with van der Waals surface area (Å²) in [6, 6.07) is 17.6. The molecule has 39 heavy (non-hydrogen) atoms. The molecule has 0 aliphatic carbocycles. The molecule has 0 N–H and O–H groups in total. The Morgan fingerprint density at radius 1 is 1.00 bits per heavy atom. The van der Waals surface area contributed by atoms with Crippen LogP contribution in [0.3, 0.4) is 0 Å². The predicted octanol–water partition coefficient (Wildman–Crippen LogP) is 6.50. The summed E-state index contributed by atoms with van der Waals surface area (Å²) in [5.74, 6) is 2.38. The molecule has 0 aliphatic rings. The zero-order valence-corrected chi connectivity index (χ0v) is 23.5. The van der Waals surface area contributed by atoms with Gasteiger partial charge in [-0.15, -0.1) is 0 Å². The van der Waals surface area contributed by atoms with Crippen LogP contribution in [-0.4, -0.2) is 32.5 Å². The summed E-state index contributed by atoms with van der Waals surface area (Å²) >= 11 is 0. The van der Waals surface area contributed by atoms with Crippen molar-refractivity contribution in [1.82, 2.24) is 19.2 Å². The van der Waals surface area contributed by atoms with Gasteiger partial charge in [0, 0.05) is 28.7 Å². The van der Waals surface area contributed by atoms with E-state index in [9.17, 15) is 4.79 Å². The summed E-state index contributed by atoms with van der Waals surface area (Å²) in [5.41, 5.74) is 7.27. The fraction of sp³-hybridized carbons (Fsp3) is 0.250. The average Bonchev–Trinajstić information content (AvgIpc) is 3.20. The van der Waals surface area contributed by atoms with Crippen molar-refractivity contribution in [1.29, 1.82) is 0 Å². The van der Waals surface area contributed by atoms with Gasteiger partial charge in [0.25, 0.3) is 5.56 Å². The first-order valence-electron chi connectivity index (χ1n) is 13.1. The number of hydrogen-bond donors (Lipinski definition) is 0. The van der Waals surface area contributed by atoms with E-state index >= 15 is 0 Å². The molecule has 7 heteroatoms. The molecule has 0 saturated heterocycles. The van der Waals surface area contributed by atoms with E-state index in [0.717, 1.165) is 50.8 Å². The molecular formula is C32H33N5O2. The summed E-state index contributed by atoms with van der Waals surface area (Å²) in [7, 11) is 1.68. The summed E-state index contributed by atoms with van der Waals surface area (Å²) in [5, 5.41) is 5.25. The second kappa shape index (κ2) is 10.3. The lowest BCUT2D eigenvalue weighted by Crippen LogP contribution is -2.21. The van der Waals surface area contributed by atoms with Crippen molar-refractivity contribution in [3.05, 3.63) is 105 Å². The number of rotatable bonds is 6. The Morgan fingerprint density at radius 2 is 1.77 bits per heavy atom. The Hall–Kier alpha value is -4.52. The maximum absolute atomic E-state index is 13.8. The molecule has 2 aromatic carbocycles. The standard InChI is InChI=1S/C32H33N5O2/c1-19(2)26-16-27(21(4)14-29(26)39-7)31-35-28-11-9-8-10-25(28)32(38)37(31)34-18-24-15-22(5)36(23(24)6)30-13-12-20(3)17-33-30/h8-19H,1-7H3. The van der Waals surface area contributed by atoms with Crippen LogP contribution in [0.4, 0.5) is 0 Å². The quantitative estimate of drug-likeness (QED) is 0.240. The van der Waals surface area contributed by atoms with E-state index in [2.05, 4.69) is 35.5 Å². The van der Waals surface area contributed by atoms with Crippen molar-refractivity contribution in [3.63, 3.8) is 0 Å². The Labute approximate surface area is 228 Å². The first-order valence-corrected chi connectivity index (χ1v) is 13.1. The molecule has 0 radical (unpaired) electrons. The van der Waals surface area contributed by atoms with Gasteiger partial charge in [0.2, 0.25) is 0 Å². The van der Waals surface area contributed by atoms with Crippen LogP contribution in [0.1, 0.15) is 53.4 Å². The van der Waals surface area contributed by atoms with Gasteiger partial charge in [0.1, 0.15) is 11.6 Å². The minimum Gasteiger partial charge on any atom is -0.496 e. The van der Waals surface area contributed by atoms with E-state index in [4.69, 9.17) is 14.8 Å². The number of aryl methyl sites for hydroxylation is 3. The number of para-hydroxylation sites is 1. The number of aromatic nitrogens is 4. The van der Waals surface area contributed by atoms with E-state index in [0.29, 0.717) is 16.7 Å². The van der Waals surface area contributed by atoms with Crippen molar-refractivity contribution in [2.75, 3.05) is 7.11 Å². The number of pyridine rings is 1. The lowest BCUT2D eigenvalue weighted by molar-refractivity contribution is 0.407. The molecular weight excluding hydrogens is 486 g/mol. The third kappa shape index (κ3) is 4.76. The molecule has 0 spiro atoms. The van der Waals surface area contributed by atoms with Gasteiger partial charge >= 0.3 is 0 Å². The van der Waals surface area contributed by atoms with E-state index < -0.39 is 0 Å². The third-order valence-corrected chi connectivity index (χ3v) is 7.10. The second-order valence-electron chi connectivity index (χ2n) is 10.2. The monoisotopic (exact) mass is 519 g/mol. The highest BCUT2D eigenvalue weighted by Crippen LogP contribution is 2.34. The maximum Gasteiger partial charge on any atom is 0.282 e. The molecule has 5 rings (SSSR count). The highest BCUT2D eigenvalue weighted by Gasteiger charge is 2.19. The zero-order chi connectivity index (χ0) is 27.8. The van der Waals surface area contributed by atoms with Gasteiger partial charge in [0.15, 0.2) is 5.82 Å². The van der Waals surface area contributed by atoms with Crippen molar-refractivity contribution in [3.8, 4) is 23.0 Å². The number of nitrogens with zero attached hydrogens (tertiary/aromatic N) is 5. The zero-order valence-electron chi connectivity index (χ0n) is 23.5. The molecule has 3 heterocycles. The minimum absolute atomic E-state index is 0.220. The van der Waals surface area contributed by atoms with Crippen LogP contribution in [0.2, 0.25) is 0 Å². The van der Waals surface area contributed by atoms with Crippen LogP contribution >= 0.6 is 0 Å². The molecule has 3 aromatic heterocycles. The highest BCUT2D eigenvalue weighted by atomic mass is 16.5. The Balaban J connectivity index is 1.70. The summed E-state index contributed by atoms with van der Waals surface area (Å²) < 4.78 is 9.15. The van der Waals surface area contributed by atoms with Gasteiger partial charge in [-0.1, -0.05) is 32.0 Å². The van der Waals surface area contributed by atoms with E-state index in [1.807, 2.05) is 70.3 Å². The number of hydrogen-bond acceptors (Lipinski definition) is 5. The SMILES string of the molecule is COc1cc(C)c(-c2nc3ccccc3c(=O)n2N=Cc2cc(C)n(-c3ccc(C)cn3)c2C)cc1C(C)C. The van der Waals surface area contributed by atoms with Gasteiger partial charge < -0.3 is 9.30 Å². The van der Waals surface area contributed by atoms with Gasteiger partial charge in [-0.2, -0.15) is 9.78 Å². The Kier molecular flexibility index (Phi) is 6.91. The second-order valence-corrected chi connectivity index (χ2v) is 10.2. The van der Waals surface area contributed by atoms with E-state index in [-0.39, 0.29) is 11.5 Å². The van der Waals surface area contributed by atoms with Crippen LogP contribution in [-0.2, 0) is 0 Å². The first kappa shape index (κ1) is 26.1. The van der Waals surface area contributed by atoms with E-state index in [1.165, 1.54) is 4.68 Å². The number of fused-ring (bicyclic) bond motifs is 1. The van der Waals surface area contributed by atoms with Crippen LogP contribution in [0, 0.1) is 27.7 Å². The number of ether oxygens (including phenoxy) is 1. The number of methoxy groups -OCH3 is 1. The lowest BCUT2D eigenvalue weighted by atomic mass is 9.96. The summed E-state index contributed by atoms with van der Waals surface area (Å²) in [4.78, 5) is 23.3. The largest absolute Gasteiger partial charge is 0.496 e. The molecule has 7 nitrogen and oxygen atoms in total. The smallest absolute Gasteiger partial charge is 0.282 e. The van der Waals surface area contributed by atoms with Gasteiger partial charge in [-0.05, 0) is 86.7 Å². The number of benzene rings is 2. The van der Waals surface area contributed by atoms with Crippen molar-refractivity contribution < 1.29 is 4.74 Å². The molecule has 0 aliphatic heterocycles. The fourth-order valence-electron chi connectivity index (χ4n) is 4.96. The van der Waals surface area contributed by atoms with Crippen molar-refractivity contribution in [2.45, 2.75) is 47.5 Å². The van der Waals surface area contributed by atoms with Crippen molar-refractivity contribution in [2.24, 2.45) is 5.10 Å². The lowest BCUT2D eigenvalue weighted by Gasteiger charge is -2.17. The first-order chi connectivity index (χ1) is 18.7. The van der Waals surface area contributed by atoms with Crippen molar-refractivity contribution >= 4 is 17.1 Å². The molecule has 0 fully saturated rings. The van der Waals surface area contributed by atoms with Gasteiger partial charge in [0.05, 0.1) is 24.2 Å². The molecule has 0 amide bonds. The van der Waals surface area contributed by atoms with Crippen LogP contribution in [0.15, 0.2) is 70.7 Å². The topological polar surface area (TPSA) is 74.3 Å². The van der Waals surface area contributed by atoms with Gasteiger partial charge in [-0.3, -0.25) is 4.79 Å². The maximum atomic E-state index is 13.8. The third-order valence-electron chi connectivity index (χ3n) is 7.10. The molecule has 0 unspecified atom stereocenters. The molecule has 198 valence electrons.